The Morgan fingerprint density at radius 3 is 2.45 bits per heavy atom. The fourth-order valence-electron chi connectivity index (χ4n) is 2.50. The first kappa shape index (κ1) is 14.7. The van der Waals surface area contributed by atoms with Crippen LogP contribution in [0, 0.1) is 0 Å². The van der Waals surface area contributed by atoms with Gasteiger partial charge < -0.3 is 14.4 Å². The average molecular weight is 277 g/mol. The lowest BCUT2D eigenvalue weighted by molar-refractivity contribution is -0.139. The van der Waals surface area contributed by atoms with Crippen LogP contribution in [0.15, 0.2) is 24.3 Å². The van der Waals surface area contributed by atoms with Gasteiger partial charge in [0.2, 0.25) is 0 Å². The topological polar surface area (TPSA) is 38.8 Å². The highest BCUT2D eigenvalue weighted by Crippen LogP contribution is 2.28. The Labute approximate surface area is 120 Å². The molecule has 1 atom stereocenters. The van der Waals surface area contributed by atoms with Gasteiger partial charge in [-0.05, 0) is 37.8 Å². The molecule has 1 aromatic rings. The van der Waals surface area contributed by atoms with E-state index < -0.39 is 6.10 Å². The zero-order valence-corrected chi connectivity index (χ0v) is 12.3. The number of para-hydroxylation sites is 2. The third-order valence-corrected chi connectivity index (χ3v) is 3.65. The molecule has 1 aromatic carbocycles. The van der Waals surface area contributed by atoms with E-state index in [0.717, 1.165) is 25.9 Å². The second-order valence-corrected chi connectivity index (χ2v) is 5.05. The highest BCUT2D eigenvalue weighted by atomic mass is 16.5. The van der Waals surface area contributed by atoms with Gasteiger partial charge >= 0.3 is 0 Å². The van der Waals surface area contributed by atoms with Crippen LogP contribution in [-0.2, 0) is 4.79 Å². The summed E-state index contributed by atoms with van der Waals surface area (Å²) >= 11 is 0. The van der Waals surface area contributed by atoms with E-state index in [-0.39, 0.29) is 5.91 Å². The lowest BCUT2D eigenvalue weighted by Gasteiger charge is -2.30. The molecule has 0 radical (unpaired) electrons. The molecule has 1 fully saturated rings. The van der Waals surface area contributed by atoms with Gasteiger partial charge in [-0.25, -0.2) is 0 Å². The highest BCUT2D eigenvalue weighted by Gasteiger charge is 2.26. The van der Waals surface area contributed by atoms with Gasteiger partial charge in [-0.15, -0.1) is 0 Å². The summed E-state index contributed by atoms with van der Waals surface area (Å²) in [4.78, 5) is 14.4. The number of nitrogens with zero attached hydrogens (tertiary/aromatic N) is 1. The summed E-state index contributed by atoms with van der Waals surface area (Å²) in [7, 11) is 1.61. The van der Waals surface area contributed by atoms with Crippen molar-refractivity contribution in [2.75, 3.05) is 20.2 Å². The van der Waals surface area contributed by atoms with Crippen LogP contribution in [0.2, 0.25) is 0 Å². The second-order valence-electron chi connectivity index (χ2n) is 5.05. The van der Waals surface area contributed by atoms with Crippen molar-refractivity contribution in [3.63, 3.8) is 0 Å². The lowest BCUT2D eigenvalue weighted by atomic mass is 10.1. The van der Waals surface area contributed by atoms with Gasteiger partial charge in [0.05, 0.1) is 7.11 Å². The Hall–Kier alpha value is -1.71. The number of benzene rings is 1. The maximum atomic E-state index is 12.5. The van der Waals surface area contributed by atoms with Gasteiger partial charge in [0.15, 0.2) is 17.6 Å². The van der Waals surface area contributed by atoms with Crippen LogP contribution in [0.25, 0.3) is 0 Å². The van der Waals surface area contributed by atoms with Crippen LogP contribution in [0.3, 0.4) is 0 Å². The minimum atomic E-state index is -0.426. The quantitative estimate of drug-likeness (QED) is 0.830. The molecule has 0 spiro atoms. The molecule has 4 nitrogen and oxygen atoms in total. The Bertz CT molecular complexity index is 441. The fourth-order valence-corrected chi connectivity index (χ4v) is 2.50. The Morgan fingerprint density at radius 1 is 1.20 bits per heavy atom. The zero-order valence-electron chi connectivity index (χ0n) is 12.3. The fraction of sp³-hybridized carbons (Fsp3) is 0.562. The van der Waals surface area contributed by atoms with Gasteiger partial charge in [0, 0.05) is 13.1 Å². The van der Waals surface area contributed by atoms with Crippen LogP contribution in [-0.4, -0.2) is 37.1 Å². The molecular weight excluding hydrogens is 254 g/mol. The summed E-state index contributed by atoms with van der Waals surface area (Å²) in [5.74, 6) is 1.39. The summed E-state index contributed by atoms with van der Waals surface area (Å²) in [5.41, 5.74) is 0. The van der Waals surface area contributed by atoms with E-state index in [1.807, 2.05) is 36.1 Å². The number of hydrogen-bond donors (Lipinski definition) is 0. The van der Waals surface area contributed by atoms with Gasteiger partial charge in [0.25, 0.3) is 5.91 Å². The Morgan fingerprint density at radius 2 is 1.85 bits per heavy atom. The molecule has 0 aliphatic carbocycles. The van der Waals surface area contributed by atoms with Crippen molar-refractivity contribution in [1.29, 1.82) is 0 Å². The normalized spacial score (nSPS) is 16.6. The maximum absolute atomic E-state index is 12.5. The number of ether oxygens (including phenoxy) is 2. The highest BCUT2D eigenvalue weighted by molar-refractivity contribution is 5.81. The molecule has 0 unspecified atom stereocenters. The minimum Gasteiger partial charge on any atom is -0.493 e. The molecule has 0 N–H and O–H groups in total. The van der Waals surface area contributed by atoms with Gasteiger partial charge in [-0.2, -0.15) is 0 Å². The first-order valence-corrected chi connectivity index (χ1v) is 7.34. The molecule has 0 saturated carbocycles. The van der Waals surface area contributed by atoms with Gasteiger partial charge in [-0.1, -0.05) is 19.1 Å². The molecule has 1 amide bonds. The number of hydrogen-bond acceptors (Lipinski definition) is 3. The monoisotopic (exact) mass is 277 g/mol. The minimum absolute atomic E-state index is 0.0955. The van der Waals surface area contributed by atoms with Crippen LogP contribution >= 0.6 is 0 Å². The molecule has 0 bridgehead atoms. The van der Waals surface area contributed by atoms with E-state index in [0.29, 0.717) is 17.9 Å². The van der Waals surface area contributed by atoms with Crippen LogP contribution < -0.4 is 9.47 Å². The molecule has 20 heavy (non-hydrogen) atoms. The van der Waals surface area contributed by atoms with Crippen molar-refractivity contribution in [3.8, 4) is 11.5 Å². The third kappa shape index (κ3) is 3.44. The maximum Gasteiger partial charge on any atom is 0.263 e. The van der Waals surface area contributed by atoms with Gasteiger partial charge in [-0.3, -0.25) is 4.79 Å². The van der Waals surface area contributed by atoms with Crippen LogP contribution in [0.5, 0.6) is 11.5 Å². The number of methoxy groups -OCH3 is 1. The largest absolute Gasteiger partial charge is 0.493 e. The molecular formula is C16H23NO3. The number of rotatable bonds is 5. The van der Waals surface area contributed by atoms with Crippen LogP contribution in [0.1, 0.15) is 32.6 Å². The van der Waals surface area contributed by atoms with E-state index >= 15 is 0 Å². The molecule has 1 aliphatic rings. The Balaban J connectivity index is 2.06. The summed E-state index contributed by atoms with van der Waals surface area (Å²) in [6.07, 6.45) is 3.64. The first-order valence-electron chi connectivity index (χ1n) is 7.34. The summed E-state index contributed by atoms with van der Waals surface area (Å²) in [6, 6.07) is 7.45. The first-order chi connectivity index (χ1) is 9.76. The molecule has 0 aromatic heterocycles. The molecule has 1 heterocycles. The summed E-state index contributed by atoms with van der Waals surface area (Å²) < 4.78 is 11.2. The van der Waals surface area contributed by atoms with Crippen molar-refractivity contribution in [1.82, 2.24) is 4.90 Å². The van der Waals surface area contributed by atoms with Gasteiger partial charge in [0.1, 0.15) is 0 Å². The second kappa shape index (κ2) is 7.17. The molecule has 4 heteroatoms. The predicted molar refractivity (Wildman–Crippen MR) is 78.1 cm³/mol. The summed E-state index contributed by atoms with van der Waals surface area (Å²) in [5, 5.41) is 0. The smallest absolute Gasteiger partial charge is 0.263 e. The van der Waals surface area contributed by atoms with E-state index in [9.17, 15) is 4.79 Å². The number of piperidine rings is 1. The molecule has 110 valence electrons. The SMILES string of the molecule is CC[C@H](Oc1ccccc1OC)C(=O)N1CCCCC1. The number of amides is 1. The average Bonchev–Trinajstić information content (AvgIpc) is 2.53. The lowest BCUT2D eigenvalue weighted by Crippen LogP contribution is -2.44. The summed E-state index contributed by atoms with van der Waals surface area (Å²) in [6.45, 7) is 3.68. The van der Waals surface area contributed by atoms with Crippen molar-refractivity contribution in [2.24, 2.45) is 0 Å². The zero-order chi connectivity index (χ0) is 14.4. The van der Waals surface area contributed by atoms with E-state index in [1.54, 1.807) is 7.11 Å². The van der Waals surface area contributed by atoms with Crippen LogP contribution in [0.4, 0.5) is 0 Å². The van der Waals surface area contributed by atoms with Crippen molar-refractivity contribution in [2.45, 2.75) is 38.7 Å². The number of likely N-dealkylation sites (tertiary alicyclic amines) is 1. The van der Waals surface area contributed by atoms with E-state index in [4.69, 9.17) is 9.47 Å². The number of carbonyl (C=O) groups is 1. The number of carbonyl (C=O) groups excluding carboxylic acids is 1. The predicted octanol–water partition coefficient (Wildman–Crippen LogP) is 2.87. The third-order valence-electron chi connectivity index (χ3n) is 3.65. The Kier molecular flexibility index (Phi) is 5.27. The molecule has 2 rings (SSSR count). The molecule has 1 saturated heterocycles. The van der Waals surface area contributed by atoms with E-state index in [1.165, 1.54) is 6.42 Å². The van der Waals surface area contributed by atoms with Crippen molar-refractivity contribution < 1.29 is 14.3 Å². The van der Waals surface area contributed by atoms with Crippen molar-refractivity contribution >= 4 is 5.91 Å². The molecule has 1 aliphatic heterocycles. The standard InChI is InChI=1S/C16H23NO3/c1-3-13(16(18)17-11-7-4-8-12-17)20-15-10-6-5-9-14(15)19-2/h5-6,9-10,13H,3-4,7-8,11-12H2,1-2H3/t13-/m0/s1. The van der Waals surface area contributed by atoms with Crippen molar-refractivity contribution in [3.05, 3.63) is 24.3 Å². The van der Waals surface area contributed by atoms with E-state index in [2.05, 4.69) is 0 Å².